The summed E-state index contributed by atoms with van der Waals surface area (Å²) in [6.45, 7) is 0.321. The number of halogens is 1. The molecule has 2 aromatic rings. The number of carbonyl (C=O) groups excluding carboxylic acids is 1. The van der Waals surface area contributed by atoms with Crippen LogP contribution in [0.2, 0.25) is 0 Å². The quantitative estimate of drug-likeness (QED) is 0.880. The molecule has 2 rings (SSSR count). The lowest BCUT2D eigenvalue weighted by Gasteiger charge is -2.06. The van der Waals surface area contributed by atoms with Gasteiger partial charge in [0.25, 0.3) is 0 Å². The molecule has 1 aromatic carbocycles. The number of aromatic nitrogens is 1. The fraction of sp³-hybridized carbons (Fsp3) is 0.143. The monoisotopic (exact) mass is 259 g/mol. The van der Waals surface area contributed by atoms with Gasteiger partial charge in [-0.3, -0.25) is 4.79 Å². The zero-order valence-corrected chi connectivity index (χ0v) is 10.3. The van der Waals surface area contributed by atoms with E-state index >= 15 is 0 Å². The first-order valence-electron chi connectivity index (χ1n) is 5.87. The summed E-state index contributed by atoms with van der Waals surface area (Å²) in [6.07, 6.45) is 0.175. The molecule has 1 amide bonds. The molecule has 4 nitrogen and oxygen atoms in total. The zero-order chi connectivity index (χ0) is 13.7. The van der Waals surface area contributed by atoms with Gasteiger partial charge in [0, 0.05) is 6.54 Å². The van der Waals surface area contributed by atoms with Gasteiger partial charge in [0.2, 0.25) is 5.91 Å². The van der Waals surface area contributed by atoms with Crippen LogP contribution in [0.4, 0.5) is 10.2 Å². The third-order valence-corrected chi connectivity index (χ3v) is 2.56. The number of nitrogens with two attached hydrogens (primary N) is 1. The fourth-order valence-electron chi connectivity index (χ4n) is 1.64. The average molecular weight is 259 g/mol. The van der Waals surface area contributed by atoms with Crippen LogP contribution in [-0.2, 0) is 17.8 Å². The van der Waals surface area contributed by atoms with Crippen LogP contribution in [0.1, 0.15) is 11.3 Å². The van der Waals surface area contributed by atoms with Gasteiger partial charge in [0.1, 0.15) is 11.6 Å². The number of hydrogen-bond acceptors (Lipinski definition) is 3. The van der Waals surface area contributed by atoms with Crippen molar-refractivity contribution in [2.45, 2.75) is 13.0 Å². The van der Waals surface area contributed by atoms with Gasteiger partial charge in [0.05, 0.1) is 12.1 Å². The summed E-state index contributed by atoms with van der Waals surface area (Å²) in [5.74, 6) is -0.0511. The van der Waals surface area contributed by atoms with Gasteiger partial charge < -0.3 is 11.1 Å². The Labute approximate surface area is 110 Å². The molecule has 19 heavy (non-hydrogen) atoms. The summed E-state index contributed by atoms with van der Waals surface area (Å²) in [7, 11) is 0. The first kappa shape index (κ1) is 13.2. The number of carbonyl (C=O) groups is 1. The van der Waals surface area contributed by atoms with Crippen molar-refractivity contribution in [2.24, 2.45) is 5.73 Å². The lowest BCUT2D eigenvalue weighted by Crippen LogP contribution is -2.16. The molecule has 0 atom stereocenters. The predicted molar refractivity (Wildman–Crippen MR) is 70.9 cm³/mol. The zero-order valence-electron chi connectivity index (χ0n) is 10.3. The van der Waals surface area contributed by atoms with Crippen molar-refractivity contribution in [3.05, 3.63) is 59.5 Å². The maximum atomic E-state index is 12.7. The summed E-state index contributed by atoms with van der Waals surface area (Å²) in [4.78, 5) is 16.0. The molecular formula is C14H14FN3O. The fourth-order valence-corrected chi connectivity index (χ4v) is 1.64. The Morgan fingerprint density at radius 3 is 2.63 bits per heavy atom. The van der Waals surface area contributed by atoms with Crippen LogP contribution >= 0.6 is 0 Å². The maximum Gasteiger partial charge on any atom is 0.229 e. The highest BCUT2D eigenvalue weighted by Gasteiger charge is 2.05. The van der Waals surface area contributed by atoms with Gasteiger partial charge in [-0.2, -0.15) is 0 Å². The molecular weight excluding hydrogens is 245 g/mol. The molecule has 0 spiro atoms. The Morgan fingerprint density at radius 2 is 1.95 bits per heavy atom. The normalized spacial score (nSPS) is 10.2. The Hall–Kier alpha value is -2.27. The van der Waals surface area contributed by atoms with Gasteiger partial charge in [0.15, 0.2) is 0 Å². The minimum absolute atomic E-state index is 0.175. The lowest BCUT2D eigenvalue weighted by molar-refractivity contribution is -0.115. The summed E-state index contributed by atoms with van der Waals surface area (Å²) in [5, 5.41) is 2.68. The van der Waals surface area contributed by atoms with E-state index in [-0.39, 0.29) is 18.1 Å². The van der Waals surface area contributed by atoms with E-state index in [9.17, 15) is 9.18 Å². The van der Waals surface area contributed by atoms with Gasteiger partial charge in [-0.25, -0.2) is 9.37 Å². The van der Waals surface area contributed by atoms with Crippen LogP contribution in [0, 0.1) is 5.82 Å². The van der Waals surface area contributed by atoms with Crippen molar-refractivity contribution in [3.8, 4) is 0 Å². The van der Waals surface area contributed by atoms with Crippen LogP contribution in [-0.4, -0.2) is 10.9 Å². The molecule has 5 heteroatoms. The number of rotatable bonds is 4. The average Bonchev–Trinajstić information content (AvgIpc) is 2.41. The number of amides is 1. The molecule has 98 valence electrons. The molecule has 0 aliphatic rings. The van der Waals surface area contributed by atoms with Gasteiger partial charge in [-0.15, -0.1) is 0 Å². The lowest BCUT2D eigenvalue weighted by atomic mass is 10.1. The highest BCUT2D eigenvalue weighted by molar-refractivity contribution is 5.91. The van der Waals surface area contributed by atoms with E-state index in [0.29, 0.717) is 18.1 Å². The van der Waals surface area contributed by atoms with Gasteiger partial charge in [-0.1, -0.05) is 18.2 Å². The molecule has 0 bridgehead atoms. The maximum absolute atomic E-state index is 12.7. The minimum atomic E-state index is -0.318. The number of benzene rings is 1. The highest BCUT2D eigenvalue weighted by atomic mass is 19.1. The molecule has 1 heterocycles. The van der Waals surface area contributed by atoms with E-state index < -0.39 is 0 Å². The standard InChI is InChI=1S/C14H14FN3O/c15-11-6-4-10(5-7-11)8-14(19)18-13-3-1-2-12(9-16)17-13/h1-7H,8-9,16H2,(H,17,18,19). The van der Waals surface area contributed by atoms with Crippen molar-refractivity contribution in [1.29, 1.82) is 0 Å². The minimum Gasteiger partial charge on any atom is -0.325 e. The van der Waals surface area contributed by atoms with Crippen LogP contribution in [0.5, 0.6) is 0 Å². The Balaban J connectivity index is 1.99. The summed E-state index contributed by atoms with van der Waals surface area (Å²) < 4.78 is 12.7. The predicted octanol–water partition coefficient (Wildman–Crippen LogP) is 1.86. The van der Waals surface area contributed by atoms with Crippen molar-refractivity contribution in [3.63, 3.8) is 0 Å². The molecule has 0 saturated heterocycles. The number of nitrogens with zero attached hydrogens (tertiary/aromatic N) is 1. The van der Waals surface area contributed by atoms with Crippen LogP contribution < -0.4 is 11.1 Å². The van der Waals surface area contributed by atoms with Gasteiger partial charge >= 0.3 is 0 Å². The molecule has 0 aliphatic carbocycles. The first-order chi connectivity index (χ1) is 9.17. The second kappa shape index (κ2) is 6.06. The SMILES string of the molecule is NCc1cccc(NC(=O)Cc2ccc(F)cc2)n1. The second-order valence-electron chi connectivity index (χ2n) is 4.07. The molecule has 0 unspecified atom stereocenters. The number of hydrogen-bond donors (Lipinski definition) is 2. The van der Waals surface area contributed by atoms with Crippen LogP contribution in [0.25, 0.3) is 0 Å². The van der Waals surface area contributed by atoms with Crippen LogP contribution in [0.15, 0.2) is 42.5 Å². The van der Waals surface area contributed by atoms with Crippen molar-refractivity contribution >= 4 is 11.7 Å². The van der Waals surface area contributed by atoms with E-state index in [4.69, 9.17) is 5.73 Å². The third-order valence-electron chi connectivity index (χ3n) is 2.56. The van der Waals surface area contributed by atoms with E-state index in [1.807, 2.05) is 0 Å². The van der Waals surface area contributed by atoms with E-state index in [2.05, 4.69) is 10.3 Å². The molecule has 0 fully saturated rings. The summed E-state index contributed by atoms with van der Waals surface area (Å²) in [5.41, 5.74) is 6.93. The van der Waals surface area contributed by atoms with E-state index in [0.717, 1.165) is 5.56 Å². The van der Waals surface area contributed by atoms with Gasteiger partial charge in [-0.05, 0) is 29.8 Å². The molecule has 0 aliphatic heterocycles. The molecule has 0 radical (unpaired) electrons. The number of pyridine rings is 1. The first-order valence-corrected chi connectivity index (χ1v) is 5.87. The Bertz CT molecular complexity index is 569. The third kappa shape index (κ3) is 3.86. The largest absolute Gasteiger partial charge is 0.325 e. The van der Waals surface area contributed by atoms with Crippen molar-refractivity contribution in [2.75, 3.05) is 5.32 Å². The molecule has 0 saturated carbocycles. The summed E-state index contributed by atoms with van der Waals surface area (Å²) >= 11 is 0. The number of anilines is 1. The topological polar surface area (TPSA) is 68.0 Å². The summed E-state index contributed by atoms with van der Waals surface area (Å²) in [6, 6.07) is 11.1. The Kier molecular flexibility index (Phi) is 4.20. The molecule has 3 N–H and O–H groups in total. The Morgan fingerprint density at radius 1 is 1.21 bits per heavy atom. The van der Waals surface area contributed by atoms with Crippen LogP contribution in [0.3, 0.4) is 0 Å². The highest BCUT2D eigenvalue weighted by Crippen LogP contribution is 2.07. The van der Waals surface area contributed by atoms with Crippen molar-refractivity contribution in [1.82, 2.24) is 4.98 Å². The smallest absolute Gasteiger partial charge is 0.229 e. The van der Waals surface area contributed by atoms with E-state index in [1.54, 1.807) is 30.3 Å². The molecule has 1 aromatic heterocycles. The van der Waals surface area contributed by atoms with Crippen molar-refractivity contribution < 1.29 is 9.18 Å². The number of nitrogens with one attached hydrogen (secondary N) is 1. The van der Waals surface area contributed by atoms with E-state index in [1.165, 1.54) is 12.1 Å². The second-order valence-corrected chi connectivity index (χ2v) is 4.07.